The molecular formula is C12H19NOS. The van der Waals surface area contributed by atoms with Crippen LogP contribution in [0.1, 0.15) is 19.6 Å². The molecule has 1 N–H and O–H groups in total. The van der Waals surface area contributed by atoms with Gasteiger partial charge in [0.1, 0.15) is 5.76 Å². The van der Waals surface area contributed by atoms with Crippen molar-refractivity contribution in [2.24, 2.45) is 0 Å². The van der Waals surface area contributed by atoms with E-state index in [1.807, 2.05) is 30.0 Å². The summed E-state index contributed by atoms with van der Waals surface area (Å²) in [7, 11) is 0. The first-order chi connectivity index (χ1) is 7.14. The summed E-state index contributed by atoms with van der Waals surface area (Å²) in [6, 6.07) is 3.84. The number of thioether (sulfide) groups is 1. The van der Waals surface area contributed by atoms with Crippen molar-refractivity contribution in [3.63, 3.8) is 0 Å². The largest absolute Gasteiger partial charge is 0.465 e. The average molecular weight is 225 g/mol. The van der Waals surface area contributed by atoms with Crippen LogP contribution in [0.5, 0.6) is 0 Å². The van der Waals surface area contributed by atoms with Gasteiger partial charge in [0.15, 0.2) is 0 Å². The van der Waals surface area contributed by atoms with Gasteiger partial charge in [-0.05, 0) is 38.3 Å². The fourth-order valence-corrected chi connectivity index (χ4v) is 1.34. The van der Waals surface area contributed by atoms with Gasteiger partial charge in [-0.25, -0.2) is 0 Å². The lowest BCUT2D eigenvalue weighted by Crippen LogP contribution is -2.31. The summed E-state index contributed by atoms with van der Waals surface area (Å²) >= 11 is 1.88. The van der Waals surface area contributed by atoms with E-state index in [-0.39, 0.29) is 0 Å². The highest BCUT2D eigenvalue weighted by Crippen LogP contribution is 2.19. The lowest BCUT2D eigenvalue weighted by molar-refractivity contribution is 0.556. The molecule has 0 bridgehead atoms. The van der Waals surface area contributed by atoms with Crippen LogP contribution >= 0.6 is 11.8 Å². The van der Waals surface area contributed by atoms with Crippen LogP contribution in [0, 0.1) is 0 Å². The molecule has 0 aliphatic rings. The normalized spacial score (nSPS) is 12.5. The average Bonchev–Trinajstić information content (AvgIpc) is 2.70. The Labute approximate surface area is 96.1 Å². The lowest BCUT2D eigenvalue weighted by Gasteiger charge is -2.21. The van der Waals surface area contributed by atoms with Crippen LogP contribution in [0.15, 0.2) is 28.9 Å². The molecule has 15 heavy (non-hydrogen) atoms. The van der Waals surface area contributed by atoms with Crippen molar-refractivity contribution in [2.45, 2.75) is 18.6 Å². The minimum atomic E-state index is 0.304. The molecule has 0 radical (unpaired) electrons. The third kappa shape index (κ3) is 5.09. The Hall–Kier alpha value is -0.670. The topological polar surface area (TPSA) is 25.2 Å². The summed E-state index contributed by atoms with van der Waals surface area (Å²) in [6.07, 6.45) is 7.89. The SMILES string of the molecule is CSC(C)(C)CNC/C=C/c1ccco1. The van der Waals surface area contributed by atoms with Gasteiger partial charge in [-0.3, -0.25) is 0 Å². The Morgan fingerprint density at radius 3 is 2.93 bits per heavy atom. The van der Waals surface area contributed by atoms with E-state index in [0.29, 0.717) is 4.75 Å². The summed E-state index contributed by atoms with van der Waals surface area (Å²) in [5.74, 6) is 0.904. The highest BCUT2D eigenvalue weighted by molar-refractivity contribution is 7.99. The van der Waals surface area contributed by atoms with E-state index in [9.17, 15) is 0 Å². The van der Waals surface area contributed by atoms with Crippen LogP contribution in [0.25, 0.3) is 6.08 Å². The zero-order chi connectivity index (χ0) is 11.1. The molecule has 1 rings (SSSR count). The number of furan rings is 1. The molecule has 0 amide bonds. The zero-order valence-corrected chi connectivity index (χ0v) is 10.4. The molecule has 0 aliphatic heterocycles. The maximum atomic E-state index is 5.18. The van der Waals surface area contributed by atoms with Gasteiger partial charge in [-0.2, -0.15) is 11.8 Å². The van der Waals surface area contributed by atoms with Crippen LogP contribution in [-0.2, 0) is 0 Å². The summed E-state index contributed by atoms with van der Waals surface area (Å²) in [5, 5.41) is 3.39. The second kappa shape index (κ2) is 6.03. The number of hydrogen-bond donors (Lipinski definition) is 1. The van der Waals surface area contributed by atoms with E-state index in [1.54, 1.807) is 6.26 Å². The van der Waals surface area contributed by atoms with E-state index in [2.05, 4.69) is 31.5 Å². The van der Waals surface area contributed by atoms with Crippen LogP contribution in [-0.4, -0.2) is 24.1 Å². The van der Waals surface area contributed by atoms with Crippen molar-refractivity contribution in [3.05, 3.63) is 30.2 Å². The summed E-state index contributed by atoms with van der Waals surface area (Å²) in [5.41, 5.74) is 0. The molecular weight excluding hydrogens is 206 g/mol. The van der Waals surface area contributed by atoms with Gasteiger partial charge in [0.25, 0.3) is 0 Å². The van der Waals surface area contributed by atoms with Crippen molar-refractivity contribution in [1.82, 2.24) is 5.32 Å². The standard InChI is InChI=1S/C12H19NOS/c1-12(2,15-3)10-13-8-4-6-11-7-5-9-14-11/h4-7,9,13H,8,10H2,1-3H3/b6-4+. The van der Waals surface area contributed by atoms with E-state index >= 15 is 0 Å². The zero-order valence-electron chi connectivity index (χ0n) is 9.62. The second-order valence-electron chi connectivity index (χ2n) is 4.01. The van der Waals surface area contributed by atoms with Gasteiger partial charge in [0.05, 0.1) is 6.26 Å². The van der Waals surface area contributed by atoms with Crippen molar-refractivity contribution < 1.29 is 4.42 Å². The predicted octanol–water partition coefficient (Wildman–Crippen LogP) is 3.02. The molecule has 0 atom stereocenters. The smallest absolute Gasteiger partial charge is 0.126 e. The van der Waals surface area contributed by atoms with Gasteiger partial charge in [0, 0.05) is 17.8 Å². The van der Waals surface area contributed by atoms with Crippen LogP contribution in [0.2, 0.25) is 0 Å². The Bertz CT molecular complexity index is 291. The second-order valence-corrected chi connectivity index (χ2v) is 5.53. The molecule has 3 heteroatoms. The molecule has 2 nitrogen and oxygen atoms in total. The quantitative estimate of drug-likeness (QED) is 0.753. The number of rotatable bonds is 6. The molecule has 0 saturated carbocycles. The minimum Gasteiger partial charge on any atom is -0.465 e. The highest BCUT2D eigenvalue weighted by atomic mass is 32.2. The summed E-state index contributed by atoms with van der Waals surface area (Å²) in [4.78, 5) is 0. The molecule has 1 aromatic heterocycles. The summed E-state index contributed by atoms with van der Waals surface area (Å²) in [6.45, 7) is 6.36. The molecule has 0 saturated heterocycles. The maximum absolute atomic E-state index is 5.18. The van der Waals surface area contributed by atoms with Crippen molar-refractivity contribution >= 4 is 17.8 Å². The van der Waals surface area contributed by atoms with Gasteiger partial charge in [0.2, 0.25) is 0 Å². The Morgan fingerprint density at radius 2 is 2.33 bits per heavy atom. The van der Waals surface area contributed by atoms with Crippen molar-refractivity contribution in [1.29, 1.82) is 0 Å². The number of nitrogens with one attached hydrogen (secondary N) is 1. The van der Waals surface area contributed by atoms with E-state index in [4.69, 9.17) is 4.42 Å². The minimum absolute atomic E-state index is 0.304. The van der Waals surface area contributed by atoms with E-state index in [1.165, 1.54) is 0 Å². The third-order valence-electron chi connectivity index (χ3n) is 2.19. The first kappa shape index (κ1) is 12.4. The Balaban J connectivity index is 2.17. The van der Waals surface area contributed by atoms with Gasteiger partial charge >= 0.3 is 0 Å². The number of hydrogen-bond acceptors (Lipinski definition) is 3. The molecule has 0 aromatic carbocycles. The van der Waals surface area contributed by atoms with E-state index < -0.39 is 0 Å². The molecule has 0 spiro atoms. The first-order valence-corrected chi connectivity index (χ1v) is 6.32. The fourth-order valence-electron chi connectivity index (χ4n) is 1.09. The Morgan fingerprint density at radius 1 is 1.53 bits per heavy atom. The van der Waals surface area contributed by atoms with Gasteiger partial charge in [-0.15, -0.1) is 0 Å². The monoisotopic (exact) mass is 225 g/mol. The van der Waals surface area contributed by atoms with Gasteiger partial charge < -0.3 is 9.73 Å². The molecule has 0 aliphatic carbocycles. The van der Waals surface area contributed by atoms with Crippen LogP contribution in [0.4, 0.5) is 0 Å². The molecule has 0 unspecified atom stereocenters. The predicted molar refractivity (Wildman–Crippen MR) is 68.2 cm³/mol. The van der Waals surface area contributed by atoms with Gasteiger partial charge in [-0.1, -0.05) is 6.08 Å². The maximum Gasteiger partial charge on any atom is 0.126 e. The highest BCUT2D eigenvalue weighted by Gasteiger charge is 2.13. The molecule has 0 fully saturated rings. The van der Waals surface area contributed by atoms with Crippen LogP contribution < -0.4 is 5.32 Å². The summed E-state index contributed by atoms with van der Waals surface area (Å²) < 4.78 is 5.49. The molecule has 84 valence electrons. The molecule has 1 heterocycles. The third-order valence-corrected chi connectivity index (χ3v) is 3.44. The fraction of sp³-hybridized carbons (Fsp3) is 0.500. The Kier molecular flexibility index (Phi) is 4.99. The van der Waals surface area contributed by atoms with Crippen molar-refractivity contribution in [3.8, 4) is 0 Å². The lowest BCUT2D eigenvalue weighted by atomic mass is 10.2. The van der Waals surface area contributed by atoms with Crippen molar-refractivity contribution in [2.75, 3.05) is 19.3 Å². The molecule has 1 aromatic rings. The van der Waals surface area contributed by atoms with Crippen LogP contribution in [0.3, 0.4) is 0 Å². The van der Waals surface area contributed by atoms with E-state index in [0.717, 1.165) is 18.8 Å². The first-order valence-electron chi connectivity index (χ1n) is 5.10.